The van der Waals surface area contributed by atoms with Crippen LogP contribution in [0.5, 0.6) is 0 Å². The number of amides is 2. The van der Waals surface area contributed by atoms with Gasteiger partial charge < -0.3 is 14.7 Å². The summed E-state index contributed by atoms with van der Waals surface area (Å²) in [5.41, 5.74) is 1.17. The van der Waals surface area contributed by atoms with Crippen LogP contribution in [0.15, 0.2) is 22.7 Å². The Hall–Kier alpha value is -1.78. The van der Waals surface area contributed by atoms with Crippen LogP contribution in [-0.4, -0.2) is 35.2 Å². The summed E-state index contributed by atoms with van der Waals surface area (Å²) in [6.07, 6.45) is 7.42. The molecule has 1 aliphatic carbocycles. The largest absolute Gasteiger partial charge is 0.361 e. The molecule has 0 saturated carbocycles. The highest BCUT2D eigenvalue weighted by Gasteiger charge is 2.55. The molecule has 2 amide bonds. The van der Waals surface area contributed by atoms with E-state index in [0.717, 1.165) is 30.8 Å². The van der Waals surface area contributed by atoms with E-state index in [1.165, 1.54) is 0 Å². The lowest BCUT2D eigenvalue weighted by Gasteiger charge is -2.58. The first-order chi connectivity index (χ1) is 10.5. The summed E-state index contributed by atoms with van der Waals surface area (Å²) in [5, 5.41) is 6.87. The molecule has 1 aromatic heterocycles. The summed E-state index contributed by atoms with van der Waals surface area (Å²) in [4.78, 5) is 14.4. The Morgan fingerprint density at radius 3 is 2.82 bits per heavy atom. The number of hydrogen-bond donors (Lipinski definition) is 1. The number of rotatable bonds is 4. The summed E-state index contributed by atoms with van der Waals surface area (Å²) in [5.74, 6) is 1.30. The number of carbonyl (C=O) groups excluding carboxylic acids is 1. The van der Waals surface area contributed by atoms with Crippen LogP contribution in [0.2, 0.25) is 0 Å². The van der Waals surface area contributed by atoms with Crippen LogP contribution in [0.3, 0.4) is 0 Å². The van der Waals surface area contributed by atoms with Crippen molar-refractivity contribution in [1.82, 2.24) is 15.4 Å². The lowest BCUT2D eigenvalue weighted by atomic mass is 9.65. The van der Waals surface area contributed by atoms with Crippen LogP contribution in [0.4, 0.5) is 4.79 Å². The van der Waals surface area contributed by atoms with Crippen molar-refractivity contribution < 1.29 is 9.32 Å². The highest BCUT2D eigenvalue weighted by Crippen LogP contribution is 2.50. The van der Waals surface area contributed by atoms with Crippen LogP contribution in [0, 0.1) is 18.3 Å². The molecule has 1 atom stereocenters. The van der Waals surface area contributed by atoms with Gasteiger partial charge in [0.15, 0.2) is 0 Å². The zero-order chi connectivity index (χ0) is 15.7. The summed E-state index contributed by atoms with van der Waals surface area (Å²) in [6, 6.07) is 2.30. The molecule has 1 aliphatic heterocycles. The van der Waals surface area contributed by atoms with E-state index in [0.29, 0.717) is 30.3 Å². The topological polar surface area (TPSA) is 58.4 Å². The molecule has 1 fully saturated rings. The highest BCUT2D eigenvalue weighted by atomic mass is 16.5. The maximum absolute atomic E-state index is 12.4. The van der Waals surface area contributed by atoms with Crippen molar-refractivity contribution in [2.24, 2.45) is 11.3 Å². The molecule has 2 aliphatic rings. The zero-order valence-electron chi connectivity index (χ0n) is 13.6. The van der Waals surface area contributed by atoms with Crippen LogP contribution in [0.1, 0.15) is 38.1 Å². The number of urea groups is 1. The van der Waals surface area contributed by atoms with Crippen molar-refractivity contribution in [2.45, 2.75) is 46.1 Å². The van der Waals surface area contributed by atoms with Crippen LogP contribution in [-0.2, 0) is 6.42 Å². The minimum absolute atomic E-state index is 0.0486. The fourth-order valence-electron chi connectivity index (χ4n) is 4.03. The molecule has 0 bridgehead atoms. The van der Waals surface area contributed by atoms with Gasteiger partial charge in [-0.05, 0) is 25.7 Å². The van der Waals surface area contributed by atoms with E-state index in [2.05, 4.69) is 36.5 Å². The van der Waals surface area contributed by atoms with Crippen molar-refractivity contribution in [1.29, 1.82) is 0 Å². The molecule has 1 saturated heterocycles. The van der Waals surface area contributed by atoms with E-state index in [1.54, 1.807) is 0 Å². The monoisotopic (exact) mass is 303 g/mol. The number of allylic oxidation sites excluding steroid dienone is 2. The fraction of sp³-hybridized carbons (Fsp3) is 0.647. The van der Waals surface area contributed by atoms with Gasteiger partial charge in [-0.25, -0.2) is 4.79 Å². The normalized spacial score (nSPS) is 22.4. The molecule has 0 unspecified atom stereocenters. The Balaban J connectivity index is 1.52. The number of nitrogens with zero attached hydrogens (tertiary/aromatic N) is 2. The molecular formula is C17H25N3O2. The third-order valence-corrected chi connectivity index (χ3v) is 4.88. The molecule has 2 heterocycles. The van der Waals surface area contributed by atoms with Crippen LogP contribution < -0.4 is 5.32 Å². The number of hydrogen-bond acceptors (Lipinski definition) is 3. The van der Waals surface area contributed by atoms with Gasteiger partial charge in [0.1, 0.15) is 5.76 Å². The van der Waals surface area contributed by atoms with Gasteiger partial charge in [0.05, 0.1) is 5.69 Å². The smallest absolute Gasteiger partial charge is 0.317 e. The third-order valence-electron chi connectivity index (χ3n) is 4.88. The van der Waals surface area contributed by atoms with E-state index in [1.807, 2.05) is 17.9 Å². The van der Waals surface area contributed by atoms with Gasteiger partial charge in [-0.3, -0.25) is 0 Å². The molecule has 120 valence electrons. The van der Waals surface area contributed by atoms with Gasteiger partial charge in [0.25, 0.3) is 0 Å². The van der Waals surface area contributed by atoms with Crippen LogP contribution in [0.25, 0.3) is 0 Å². The highest BCUT2D eigenvalue weighted by molar-refractivity contribution is 5.76. The first-order valence-electron chi connectivity index (χ1n) is 8.13. The number of aryl methyl sites for hydroxylation is 1. The van der Waals surface area contributed by atoms with Crippen molar-refractivity contribution in [2.75, 3.05) is 13.1 Å². The first-order valence-corrected chi connectivity index (χ1v) is 8.13. The van der Waals surface area contributed by atoms with Gasteiger partial charge in [0, 0.05) is 37.0 Å². The molecule has 22 heavy (non-hydrogen) atoms. The summed E-state index contributed by atoms with van der Waals surface area (Å²) < 4.78 is 5.16. The summed E-state index contributed by atoms with van der Waals surface area (Å²) in [7, 11) is 0. The predicted molar refractivity (Wildman–Crippen MR) is 84.5 cm³/mol. The van der Waals surface area contributed by atoms with Crippen molar-refractivity contribution in [3.8, 4) is 0 Å². The number of carbonyl (C=O) groups is 1. The SMILES string of the molecule is Cc1cc(CCNC(=O)N2CC3(CC=CC3)[C@@H]2C(C)C)on1. The maximum Gasteiger partial charge on any atom is 0.317 e. The number of likely N-dealkylation sites (tertiary alicyclic amines) is 1. The molecule has 5 heteroatoms. The molecule has 5 nitrogen and oxygen atoms in total. The van der Waals surface area contributed by atoms with E-state index < -0.39 is 0 Å². The number of nitrogens with one attached hydrogen (secondary N) is 1. The Bertz CT molecular complexity index is 568. The Labute approximate surface area is 131 Å². The van der Waals surface area contributed by atoms with Gasteiger partial charge in [-0.1, -0.05) is 31.2 Å². The Morgan fingerprint density at radius 1 is 1.50 bits per heavy atom. The second kappa shape index (κ2) is 5.78. The van der Waals surface area contributed by atoms with Crippen molar-refractivity contribution in [3.63, 3.8) is 0 Å². The van der Waals surface area contributed by atoms with Crippen molar-refractivity contribution >= 4 is 6.03 Å². The standard InChI is InChI=1S/C17H25N3O2/c1-12(2)15-17(7-4-5-8-17)11-20(15)16(21)18-9-6-14-10-13(3)19-22-14/h4-5,10,12,15H,6-9,11H2,1-3H3,(H,18,21)/t15-/m0/s1. The zero-order valence-corrected chi connectivity index (χ0v) is 13.6. The van der Waals surface area contributed by atoms with E-state index in [-0.39, 0.29) is 6.03 Å². The lowest BCUT2D eigenvalue weighted by Crippen LogP contribution is -2.69. The molecule has 3 rings (SSSR count). The van der Waals surface area contributed by atoms with Crippen molar-refractivity contribution in [3.05, 3.63) is 29.7 Å². The molecular weight excluding hydrogens is 278 g/mol. The molecule has 0 aromatic carbocycles. The average molecular weight is 303 g/mol. The third kappa shape index (κ3) is 2.64. The van der Waals surface area contributed by atoms with Gasteiger partial charge in [-0.15, -0.1) is 0 Å². The second-order valence-electron chi connectivity index (χ2n) is 6.98. The van der Waals surface area contributed by atoms with Crippen LogP contribution >= 0.6 is 0 Å². The molecule has 1 spiro atoms. The average Bonchev–Trinajstić information content (AvgIpc) is 3.05. The van der Waals surface area contributed by atoms with E-state index >= 15 is 0 Å². The summed E-state index contributed by atoms with van der Waals surface area (Å²) >= 11 is 0. The van der Waals surface area contributed by atoms with Gasteiger partial charge in [0.2, 0.25) is 0 Å². The van der Waals surface area contributed by atoms with E-state index in [9.17, 15) is 4.79 Å². The lowest BCUT2D eigenvalue weighted by molar-refractivity contribution is -0.0575. The molecule has 1 N–H and O–H groups in total. The van der Waals surface area contributed by atoms with E-state index in [4.69, 9.17) is 4.52 Å². The molecule has 0 radical (unpaired) electrons. The molecule has 1 aromatic rings. The van der Waals surface area contributed by atoms with Gasteiger partial charge >= 0.3 is 6.03 Å². The fourth-order valence-corrected chi connectivity index (χ4v) is 4.03. The Kier molecular flexibility index (Phi) is 3.98. The maximum atomic E-state index is 12.4. The number of aromatic nitrogens is 1. The second-order valence-corrected chi connectivity index (χ2v) is 6.98. The minimum atomic E-state index is 0.0486. The summed E-state index contributed by atoms with van der Waals surface area (Å²) in [6.45, 7) is 7.77. The minimum Gasteiger partial charge on any atom is -0.361 e. The predicted octanol–water partition coefficient (Wildman–Crippen LogP) is 2.91. The Morgan fingerprint density at radius 2 is 2.23 bits per heavy atom. The first kappa shape index (κ1) is 15.1. The quantitative estimate of drug-likeness (QED) is 0.870. The van der Waals surface area contributed by atoms with Gasteiger partial charge in [-0.2, -0.15) is 0 Å².